The lowest BCUT2D eigenvalue weighted by molar-refractivity contribution is -0.139. The van der Waals surface area contributed by atoms with Gasteiger partial charge in [0.05, 0.1) is 32.1 Å². The molecule has 178 valence electrons. The maximum absolute atomic E-state index is 13.7. The van der Waals surface area contributed by atoms with Crippen LogP contribution in [0.5, 0.6) is 5.75 Å². The van der Waals surface area contributed by atoms with Gasteiger partial charge in [0.15, 0.2) is 4.80 Å². The monoisotopic (exact) mass is 672 g/mol. The number of fused-ring (bicyclic) bond motifs is 1. The standard InChI is InChI=1S/C24H22BrIN2O4S2/c1-5-31-23(30)19-13(4)27-24-28(20(19)17-7-6-8-33-17)22(29)18(34-24)10-14-9-15(25)11-16(26)21(14)32-12(2)3/h6-12,20H,5H2,1-4H3/b18-10-/t20-/m1/s1. The summed E-state index contributed by atoms with van der Waals surface area (Å²) < 4.78 is 15.3. The van der Waals surface area contributed by atoms with Crippen LogP contribution in [0.1, 0.15) is 44.2 Å². The fourth-order valence-electron chi connectivity index (χ4n) is 3.70. The molecular weight excluding hydrogens is 651 g/mol. The fourth-order valence-corrected chi connectivity index (χ4v) is 7.23. The SMILES string of the molecule is CCOC(=O)C1=C(C)N=c2s/c(=C\c3cc(Br)cc(I)c3OC(C)C)c(=O)n2[C@@H]1c1cccs1. The number of halogens is 2. The van der Waals surface area contributed by atoms with E-state index >= 15 is 0 Å². The number of carbonyl (C=O) groups is 1. The number of thiophene rings is 1. The van der Waals surface area contributed by atoms with Gasteiger partial charge in [-0.15, -0.1) is 11.3 Å². The van der Waals surface area contributed by atoms with Gasteiger partial charge in [-0.25, -0.2) is 9.79 Å². The van der Waals surface area contributed by atoms with Crippen molar-refractivity contribution in [3.8, 4) is 5.75 Å². The summed E-state index contributed by atoms with van der Waals surface area (Å²) in [7, 11) is 0. The number of esters is 1. The first-order valence-electron chi connectivity index (χ1n) is 10.6. The summed E-state index contributed by atoms with van der Waals surface area (Å²) in [6.07, 6.45) is 1.82. The van der Waals surface area contributed by atoms with Crippen molar-refractivity contribution in [3.05, 3.63) is 79.1 Å². The van der Waals surface area contributed by atoms with Gasteiger partial charge in [-0.1, -0.05) is 33.3 Å². The molecular formula is C24H22BrIN2O4S2. The largest absolute Gasteiger partial charge is 0.489 e. The van der Waals surface area contributed by atoms with Crippen LogP contribution in [-0.2, 0) is 9.53 Å². The Morgan fingerprint density at radius 2 is 2.15 bits per heavy atom. The maximum Gasteiger partial charge on any atom is 0.338 e. The average Bonchev–Trinajstić information content (AvgIpc) is 3.38. The van der Waals surface area contributed by atoms with E-state index in [4.69, 9.17) is 9.47 Å². The topological polar surface area (TPSA) is 69.9 Å². The second kappa shape index (κ2) is 10.5. The van der Waals surface area contributed by atoms with Gasteiger partial charge < -0.3 is 9.47 Å². The van der Waals surface area contributed by atoms with Crippen LogP contribution in [0.2, 0.25) is 0 Å². The molecule has 0 saturated carbocycles. The molecule has 1 atom stereocenters. The van der Waals surface area contributed by atoms with E-state index in [0.29, 0.717) is 20.6 Å². The molecule has 0 N–H and O–H groups in total. The Labute approximate surface area is 226 Å². The predicted molar refractivity (Wildman–Crippen MR) is 147 cm³/mol. The Hall–Kier alpha value is -1.76. The van der Waals surface area contributed by atoms with Crippen LogP contribution >= 0.6 is 61.2 Å². The van der Waals surface area contributed by atoms with Gasteiger partial charge in [-0.3, -0.25) is 9.36 Å². The molecule has 0 spiro atoms. The van der Waals surface area contributed by atoms with Gasteiger partial charge in [0.2, 0.25) is 0 Å². The Kier molecular flexibility index (Phi) is 7.80. The second-order valence-electron chi connectivity index (χ2n) is 7.79. The number of aromatic nitrogens is 1. The van der Waals surface area contributed by atoms with Crippen LogP contribution in [0.15, 0.2) is 55.2 Å². The minimum Gasteiger partial charge on any atom is -0.489 e. The Balaban J connectivity index is 1.95. The first-order valence-corrected chi connectivity index (χ1v) is 14.2. The quantitative estimate of drug-likeness (QED) is 0.273. The number of hydrogen-bond donors (Lipinski definition) is 0. The van der Waals surface area contributed by atoms with Crippen molar-refractivity contribution in [2.75, 3.05) is 6.61 Å². The van der Waals surface area contributed by atoms with E-state index in [1.54, 1.807) is 18.4 Å². The van der Waals surface area contributed by atoms with Gasteiger partial charge in [0.25, 0.3) is 5.56 Å². The molecule has 0 fully saturated rings. The molecule has 1 aliphatic heterocycles. The molecule has 34 heavy (non-hydrogen) atoms. The van der Waals surface area contributed by atoms with Gasteiger partial charge in [-0.2, -0.15) is 0 Å². The Bertz CT molecular complexity index is 1460. The van der Waals surface area contributed by atoms with Crippen molar-refractivity contribution in [2.24, 2.45) is 4.99 Å². The van der Waals surface area contributed by atoms with Crippen LogP contribution in [0.25, 0.3) is 6.08 Å². The molecule has 0 saturated heterocycles. The lowest BCUT2D eigenvalue weighted by Gasteiger charge is -2.23. The lowest BCUT2D eigenvalue weighted by atomic mass is 10.0. The van der Waals surface area contributed by atoms with Crippen molar-refractivity contribution in [1.82, 2.24) is 4.57 Å². The zero-order chi connectivity index (χ0) is 24.6. The first kappa shape index (κ1) is 25.3. The van der Waals surface area contributed by atoms with Crippen LogP contribution in [0.3, 0.4) is 0 Å². The number of nitrogens with zero attached hydrogens (tertiary/aromatic N) is 2. The summed E-state index contributed by atoms with van der Waals surface area (Å²) in [5.41, 5.74) is 1.54. The van der Waals surface area contributed by atoms with Crippen molar-refractivity contribution in [1.29, 1.82) is 0 Å². The summed E-state index contributed by atoms with van der Waals surface area (Å²) >= 11 is 8.58. The molecule has 0 bridgehead atoms. The molecule has 2 aromatic heterocycles. The molecule has 4 rings (SSSR count). The average molecular weight is 673 g/mol. The second-order valence-corrected chi connectivity index (χ2v) is 11.9. The molecule has 0 unspecified atom stereocenters. The Morgan fingerprint density at radius 3 is 2.79 bits per heavy atom. The third-order valence-corrected chi connectivity index (χ3v) is 8.17. The minimum atomic E-state index is -0.577. The van der Waals surface area contributed by atoms with Crippen molar-refractivity contribution in [2.45, 2.75) is 39.8 Å². The summed E-state index contributed by atoms with van der Waals surface area (Å²) in [6.45, 7) is 7.73. The molecule has 1 aliphatic rings. The van der Waals surface area contributed by atoms with E-state index in [1.165, 1.54) is 22.7 Å². The molecule has 10 heteroatoms. The highest BCUT2D eigenvalue weighted by molar-refractivity contribution is 14.1. The molecule has 0 aliphatic carbocycles. The van der Waals surface area contributed by atoms with E-state index in [2.05, 4.69) is 43.5 Å². The van der Waals surface area contributed by atoms with Gasteiger partial charge in [0, 0.05) is 14.9 Å². The molecule has 3 aromatic rings. The van der Waals surface area contributed by atoms with Gasteiger partial charge >= 0.3 is 5.97 Å². The van der Waals surface area contributed by atoms with Crippen LogP contribution in [0, 0.1) is 3.57 Å². The van der Waals surface area contributed by atoms with Gasteiger partial charge in [-0.05, 0) is 79.9 Å². The molecule has 1 aromatic carbocycles. The molecule has 6 nitrogen and oxygen atoms in total. The van der Waals surface area contributed by atoms with Crippen LogP contribution < -0.4 is 19.6 Å². The van der Waals surface area contributed by atoms with E-state index in [-0.39, 0.29) is 18.3 Å². The summed E-state index contributed by atoms with van der Waals surface area (Å²) in [4.78, 5) is 32.6. The van der Waals surface area contributed by atoms with Crippen molar-refractivity contribution < 1.29 is 14.3 Å². The molecule has 0 radical (unpaired) electrons. The summed E-state index contributed by atoms with van der Waals surface area (Å²) in [6, 6.07) is 7.17. The zero-order valence-corrected chi connectivity index (χ0v) is 24.3. The molecule has 3 heterocycles. The number of hydrogen-bond acceptors (Lipinski definition) is 7. The zero-order valence-electron chi connectivity index (χ0n) is 18.9. The van der Waals surface area contributed by atoms with Gasteiger partial charge in [0.1, 0.15) is 11.8 Å². The maximum atomic E-state index is 13.7. The number of rotatable bonds is 6. The number of allylic oxidation sites excluding steroid dienone is 1. The number of carbonyl (C=O) groups excluding carboxylic acids is 1. The van der Waals surface area contributed by atoms with E-state index in [0.717, 1.165) is 24.2 Å². The van der Waals surface area contributed by atoms with Crippen molar-refractivity contribution in [3.63, 3.8) is 0 Å². The highest BCUT2D eigenvalue weighted by Crippen LogP contribution is 2.34. The highest BCUT2D eigenvalue weighted by atomic mass is 127. The number of thiazole rings is 1. The third-order valence-electron chi connectivity index (χ3n) is 5.01. The van der Waals surface area contributed by atoms with Crippen molar-refractivity contribution >= 4 is 73.2 Å². The van der Waals surface area contributed by atoms with Crippen LogP contribution in [-0.4, -0.2) is 23.2 Å². The fraction of sp³-hybridized carbons (Fsp3) is 0.292. The summed E-state index contributed by atoms with van der Waals surface area (Å²) in [5.74, 6) is 0.272. The smallest absolute Gasteiger partial charge is 0.338 e. The van der Waals surface area contributed by atoms with Crippen LogP contribution in [0.4, 0.5) is 0 Å². The molecule has 0 amide bonds. The predicted octanol–water partition coefficient (Wildman–Crippen LogP) is 5.01. The summed E-state index contributed by atoms with van der Waals surface area (Å²) in [5, 5.41) is 1.93. The highest BCUT2D eigenvalue weighted by Gasteiger charge is 2.33. The normalized spacial score (nSPS) is 16.0. The minimum absolute atomic E-state index is 0.0170. The first-order chi connectivity index (χ1) is 16.2. The number of benzene rings is 1. The van der Waals surface area contributed by atoms with E-state index < -0.39 is 12.0 Å². The number of ether oxygens (including phenoxy) is 2. The lowest BCUT2D eigenvalue weighted by Crippen LogP contribution is -2.39. The Morgan fingerprint density at radius 1 is 1.38 bits per heavy atom. The third kappa shape index (κ3) is 4.95. The van der Waals surface area contributed by atoms with E-state index in [1.807, 2.05) is 49.6 Å². The van der Waals surface area contributed by atoms with E-state index in [9.17, 15) is 9.59 Å².